The van der Waals surface area contributed by atoms with Crippen molar-refractivity contribution in [3.05, 3.63) is 30.3 Å². The van der Waals surface area contributed by atoms with Crippen molar-refractivity contribution in [2.24, 2.45) is 0 Å². The quantitative estimate of drug-likeness (QED) is 0.878. The summed E-state index contributed by atoms with van der Waals surface area (Å²) in [6, 6.07) is 9.79. The van der Waals surface area contributed by atoms with E-state index in [1.54, 1.807) is 0 Å². The fourth-order valence-electron chi connectivity index (χ4n) is 2.06. The monoisotopic (exact) mass is 300 g/mol. The molecule has 1 aromatic rings. The zero-order valence-electron chi connectivity index (χ0n) is 11.1. The molecule has 0 radical (unpaired) electrons. The van der Waals surface area contributed by atoms with Gasteiger partial charge in [-0.25, -0.2) is 0 Å². The Morgan fingerprint density at radius 1 is 1.37 bits per heavy atom. The smallest absolute Gasteiger partial charge is 0.239 e. The minimum atomic E-state index is 0. The molecule has 0 aliphatic carbocycles. The van der Waals surface area contributed by atoms with Crippen LogP contribution in [0.1, 0.15) is 19.8 Å². The van der Waals surface area contributed by atoms with E-state index in [1.807, 2.05) is 42.1 Å². The topological polar surface area (TPSA) is 41.1 Å². The van der Waals surface area contributed by atoms with Gasteiger partial charge in [0, 0.05) is 17.0 Å². The summed E-state index contributed by atoms with van der Waals surface area (Å²) in [7, 11) is 0. The summed E-state index contributed by atoms with van der Waals surface area (Å²) < 4.78 is 0.238. The average molecular weight is 301 g/mol. The van der Waals surface area contributed by atoms with E-state index in [1.165, 1.54) is 18.6 Å². The molecule has 0 saturated carbocycles. The second-order valence-electron chi connectivity index (χ2n) is 4.90. The number of nitrogens with one attached hydrogen (secondary N) is 2. The van der Waals surface area contributed by atoms with Gasteiger partial charge in [-0.05, 0) is 37.7 Å². The Labute approximate surface area is 125 Å². The lowest BCUT2D eigenvalue weighted by atomic mass is 10.1. The maximum atomic E-state index is 11.7. The zero-order chi connectivity index (χ0) is 12.8. The van der Waals surface area contributed by atoms with Crippen molar-refractivity contribution < 1.29 is 4.79 Å². The highest BCUT2D eigenvalue weighted by molar-refractivity contribution is 8.00. The summed E-state index contributed by atoms with van der Waals surface area (Å²) in [5, 5.41) is 6.13. The van der Waals surface area contributed by atoms with Gasteiger partial charge in [0.25, 0.3) is 0 Å². The van der Waals surface area contributed by atoms with E-state index in [0.29, 0.717) is 6.54 Å². The molecule has 0 aromatic heterocycles. The molecule has 1 aromatic carbocycles. The lowest BCUT2D eigenvalue weighted by Gasteiger charge is -2.22. The number of para-hydroxylation sites is 1. The third-order valence-electron chi connectivity index (χ3n) is 3.19. The Balaban J connectivity index is 0.00000180. The molecule has 1 heterocycles. The van der Waals surface area contributed by atoms with Crippen LogP contribution in [0.25, 0.3) is 0 Å². The Hall–Kier alpha value is -0.870. The van der Waals surface area contributed by atoms with E-state index in [-0.39, 0.29) is 23.1 Å². The van der Waals surface area contributed by atoms with Crippen LogP contribution in [0.3, 0.4) is 0 Å². The summed E-state index contributed by atoms with van der Waals surface area (Å²) in [6.07, 6.45) is 2.46. The van der Waals surface area contributed by atoms with Crippen LogP contribution in [0.15, 0.2) is 30.3 Å². The van der Waals surface area contributed by atoms with Crippen LogP contribution in [0.4, 0.5) is 5.69 Å². The fourth-order valence-corrected chi connectivity index (χ4v) is 3.31. The van der Waals surface area contributed by atoms with Gasteiger partial charge in [0.15, 0.2) is 0 Å². The van der Waals surface area contributed by atoms with Gasteiger partial charge in [0.2, 0.25) is 5.91 Å². The van der Waals surface area contributed by atoms with E-state index in [0.717, 1.165) is 12.2 Å². The summed E-state index contributed by atoms with van der Waals surface area (Å²) in [4.78, 5) is 11.7. The predicted molar refractivity (Wildman–Crippen MR) is 85.3 cm³/mol. The summed E-state index contributed by atoms with van der Waals surface area (Å²) in [6.45, 7) is 3.34. The second kappa shape index (κ2) is 7.65. The lowest BCUT2D eigenvalue weighted by Crippen LogP contribution is -2.39. The van der Waals surface area contributed by atoms with Crippen LogP contribution in [0.2, 0.25) is 0 Å². The van der Waals surface area contributed by atoms with Gasteiger partial charge in [-0.1, -0.05) is 18.2 Å². The van der Waals surface area contributed by atoms with Gasteiger partial charge >= 0.3 is 0 Å². The first kappa shape index (κ1) is 16.2. The zero-order valence-corrected chi connectivity index (χ0v) is 12.8. The summed E-state index contributed by atoms with van der Waals surface area (Å²) in [5.74, 6) is 1.28. The molecule has 0 spiro atoms. The van der Waals surface area contributed by atoms with Gasteiger partial charge in [-0.3, -0.25) is 4.79 Å². The number of rotatable bonds is 5. The highest BCUT2D eigenvalue weighted by atomic mass is 35.5. The van der Waals surface area contributed by atoms with Crippen molar-refractivity contribution in [3.8, 4) is 0 Å². The van der Waals surface area contributed by atoms with Crippen molar-refractivity contribution in [2.75, 3.05) is 24.2 Å². The molecule has 0 bridgehead atoms. The molecule has 19 heavy (non-hydrogen) atoms. The molecule has 5 heteroatoms. The highest BCUT2D eigenvalue weighted by Gasteiger charge is 2.29. The van der Waals surface area contributed by atoms with E-state index < -0.39 is 0 Å². The van der Waals surface area contributed by atoms with E-state index in [4.69, 9.17) is 0 Å². The van der Waals surface area contributed by atoms with Crippen LogP contribution in [0, 0.1) is 0 Å². The molecule has 2 rings (SSSR count). The van der Waals surface area contributed by atoms with Crippen molar-refractivity contribution in [1.82, 2.24) is 5.32 Å². The summed E-state index contributed by atoms with van der Waals surface area (Å²) in [5.41, 5.74) is 0.981. The van der Waals surface area contributed by atoms with E-state index >= 15 is 0 Å². The first-order chi connectivity index (χ1) is 8.68. The molecular weight excluding hydrogens is 280 g/mol. The fraction of sp³-hybridized carbons (Fsp3) is 0.500. The Bertz CT molecular complexity index is 394. The predicted octanol–water partition coefficient (Wildman–Crippen LogP) is 2.92. The third-order valence-corrected chi connectivity index (χ3v) is 4.73. The van der Waals surface area contributed by atoms with Crippen molar-refractivity contribution >= 4 is 35.8 Å². The normalized spacial score (nSPS) is 21.5. The molecule has 1 unspecified atom stereocenters. The van der Waals surface area contributed by atoms with Crippen LogP contribution in [-0.4, -0.2) is 29.5 Å². The molecule has 1 amide bonds. The third kappa shape index (κ3) is 5.33. The van der Waals surface area contributed by atoms with Crippen molar-refractivity contribution in [3.63, 3.8) is 0 Å². The number of carbonyl (C=O) groups excluding carboxylic acids is 1. The largest absolute Gasteiger partial charge is 0.376 e. The van der Waals surface area contributed by atoms with Gasteiger partial charge in [-0.2, -0.15) is 11.8 Å². The SMILES string of the molecule is CC1(CNC(=O)CNc2ccccc2)CCCS1.Cl. The van der Waals surface area contributed by atoms with Gasteiger partial charge in [0.05, 0.1) is 6.54 Å². The van der Waals surface area contributed by atoms with Crippen LogP contribution >= 0.6 is 24.2 Å². The van der Waals surface area contributed by atoms with Crippen molar-refractivity contribution in [1.29, 1.82) is 0 Å². The Morgan fingerprint density at radius 3 is 2.74 bits per heavy atom. The molecular formula is C14H21ClN2OS. The maximum Gasteiger partial charge on any atom is 0.239 e. The number of benzene rings is 1. The molecule has 106 valence electrons. The molecule has 1 saturated heterocycles. The molecule has 2 N–H and O–H groups in total. The van der Waals surface area contributed by atoms with E-state index in [9.17, 15) is 4.79 Å². The van der Waals surface area contributed by atoms with Gasteiger partial charge < -0.3 is 10.6 Å². The summed E-state index contributed by atoms with van der Waals surface area (Å²) >= 11 is 1.97. The van der Waals surface area contributed by atoms with Crippen LogP contribution < -0.4 is 10.6 Å². The van der Waals surface area contributed by atoms with Gasteiger partial charge in [-0.15, -0.1) is 12.4 Å². The second-order valence-corrected chi connectivity index (χ2v) is 6.58. The maximum absolute atomic E-state index is 11.7. The number of carbonyl (C=O) groups is 1. The van der Waals surface area contributed by atoms with Crippen LogP contribution in [-0.2, 0) is 4.79 Å². The first-order valence-electron chi connectivity index (χ1n) is 6.38. The molecule has 1 aliphatic rings. The molecule has 3 nitrogen and oxygen atoms in total. The Kier molecular flexibility index (Phi) is 6.52. The number of amides is 1. The minimum absolute atomic E-state index is 0. The van der Waals surface area contributed by atoms with Crippen molar-refractivity contribution in [2.45, 2.75) is 24.5 Å². The molecule has 1 atom stereocenters. The number of hydrogen-bond donors (Lipinski definition) is 2. The lowest BCUT2D eigenvalue weighted by molar-refractivity contribution is -0.119. The number of thioether (sulfide) groups is 1. The number of anilines is 1. The highest BCUT2D eigenvalue weighted by Crippen LogP contribution is 2.36. The first-order valence-corrected chi connectivity index (χ1v) is 7.36. The Morgan fingerprint density at radius 2 is 2.11 bits per heavy atom. The molecule has 1 fully saturated rings. The minimum Gasteiger partial charge on any atom is -0.376 e. The van der Waals surface area contributed by atoms with Gasteiger partial charge in [0.1, 0.15) is 0 Å². The van der Waals surface area contributed by atoms with Crippen LogP contribution in [0.5, 0.6) is 0 Å². The molecule has 1 aliphatic heterocycles. The number of halogens is 1. The standard InChI is InChI=1S/C14H20N2OS.ClH/c1-14(8-5-9-18-14)11-16-13(17)10-15-12-6-3-2-4-7-12;/h2-4,6-7,15H,5,8-11H2,1H3,(H,16,17);1H. The average Bonchev–Trinajstić information content (AvgIpc) is 2.83. The number of hydrogen-bond acceptors (Lipinski definition) is 3. The van der Waals surface area contributed by atoms with E-state index in [2.05, 4.69) is 17.6 Å².